The van der Waals surface area contributed by atoms with Crippen molar-refractivity contribution < 1.29 is 9.47 Å². The summed E-state index contributed by atoms with van der Waals surface area (Å²) in [5.74, 6) is 1.36. The Morgan fingerprint density at radius 3 is 2.43 bits per heavy atom. The SMILES string of the molecule is COc1cc(CBr)cc(Br)c1OCc1ccc(C#N)cc1. The van der Waals surface area contributed by atoms with E-state index < -0.39 is 0 Å². The summed E-state index contributed by atoms with van der Waals surface area (Å²) in [4.78, 5) is 0. The maximum atomic E-state index is 8.78. The highest BCUT2D eigenvalue weighted by atomic mass is 79.9. The van der Waals surface area contributed by atoms with Crippen LogP contribution >= 0.6 is 31.9 Å². The molecule has 2 aromatic carbocycles. The highest BCUT2D eigenvalue weighted by molar-refractivity contribution is 9.10. The van der Waals surface area contributed by atoms with Crippen LogP contribution in [0.3, 0.4) is 0 Å². The molecule has 0 saturated heterocycles. The molecule has 0 bridgehead atoms. The van der Waals surface area contributed by atoms with Crippen LogP contribution in [0.2, 0.25) is 0 Å². The number of ether oxygens (including phenoxy) is 2. The van der Waals surface area contributed by atoms with Gasteiger partial charge in [-0.2, -0.15) is 5.26 Å². The Morgan fingerprint density at radius 1 is 1.14 bits per heavy atom. The van der Waals surface area contributed by atoms with E-state index in [0.717, 1.165) is 20.9 Å². The van der Waals surface area contributed by atoms with E-state index in [2.05, 4.69) is 37.9 Å². The molecular formula is C16H13Br2NO2. The van der Waals surface area contributed by atoms with E-state index in [9.17, 15) is 0 Å². The number of halogens is 2. The van der Waals surface area contributed by atoms with Crippen molar-refractivity contribution in [3.63, 3.8) is 0 Å². The third-order valence-electron chi connectivity index (χ3n) is 2.91. The summed E-state index contributed by atoms with van der Waals surface area (Å²) in [6.45, 7) is 0.411. The summed E-state index contributed by atoms with van der Waals surface area (Å²) in [6, 6.07) is 13.3. The minimum absolute atomic E-state index is 0.411. The summed E-state index contributed by atoms with van der Waals surface area (Å²) in [6.07, 6.45) is 0. The first-order valence-corrected chi connectivity index (χ1v) is 8.13. The van der Waals surface area contributed by atoms with Crippen molar-refractivity contribution in [1.82, 2.24) is 0 Å². The molecule has 0 aliphatic rings. The molecule has 3 nitrogen and oxygen atoms in total. The van der Waals surface area contributed by atoms with Crippen LogP contribution in [0.25, 0.3) is 0 Å². The number of alkyl halides is 1. The highest BCUT2D eigenvalue weighted by Gasteiger charge is 2.11. The van der Waals surface area contributed by atoms with Gasteiger partial charge in [0, 0.05) is 5.33 Å². The van der Waals surface area contributed by atoms with Gasteiger partial charge in [-0.3, -0.25) is 0 Å². The van der Waals surface area contributed by atoms with Gasteiger partial charge in [-0.1, -0.05) is 28.1 Å². The molecule has 0 aliphatic heterocycles. The van der Waals surface area contributed by atoms with Gasteiger partial charge in [-0.15, -0.1) is 0 Å². The first-order valence-electron chi connectivity index (χ1n) is 6.22. The van der Waals surface area contributed by atoms with E-state index in [1.54, 1.807) is 19.2 Å². The molecule has 0 atom stereocenters. The van der Waals surface area contributed by atoms with Crippen molar-refractivity contribution in [3.05, 3.63) is 57.6 Å². The molecule has 0 heterocycles. The third-order valence-corrected chi connectivity index (χ3v) is 4.15. The molecule has 21 heavy (non-hydrogen) atoms. The van der Waals surface area contributed by atoms with Gasteiger partial charge in [0.1, 0.15) is 6.61 Å². The Balaban J connectivity index is 2.17. The van der Waals surface area contributed by atoms with Crippen LogP contribution in [-0.2, 0) is 11.9 Å². The smallest absolute Gasteiger partial charge is 0.175 e. The molecule has 2 aromatic rings. The Morgan fingerprint density at radius 2 is 1.86 bits per heavy atom. The van der Waals surface area contributed by atoms with Crippen LogP contribution in [0, 0.1) is 11.3 Å². The lowest BCUT2D eigenvalue weighted by Crippen LogP contribution is -1.99. The zero-order chi connectivity index (χ0) is 15.2. The number of nitriles is 1. The molecule has 0 N–H and O–H groups in total. The van der Waals surface area contributed by atoms with Crippen LogP contribution in [-0.4, -0.2) is 7.11 Å². The highest BCUT2D eigenvalue weighted by Crippen LogP contribution is 2.37. The van der Waals surface area contributed by atoms with Gasteiger partial charge in [-0.25, -0.2) is 0 Å². The molecule has 0 amide bonds. The summed E-state index contributed by atoms with van der Waals surface area (Å²) >= 11 is 6.93. The molecule has 0 spiro atoms. The minimum atomic E-state index is 0.411. The van der Waals surface area contributed by atoms with Crippen LogP contribution in [0.5, 0.6) is 11.5 Å². The average Bonchev–Trinajstić information content (AvgIpc) is 2.53. The van der Waals surface area contributed by atoms with Gasteiger partial charge in [0.2, 0.25) is 0 Å². The van der Waals surface area contributed by atoms with Crippen molar-refractivity contribution >= 4 is 31.9 Å². The summed E-state index contributed by atoms with van der Waals surface area (Å²) in [7, 11) is 1.62. The Hall–Kier alpha value is -1.51. The fourth-order valence-electron chi connectivity index (χ4n) is 1.82. The predicted octanol–water partition coefficient (Wildman–Crippen LogP) is 4.80. The number of benzene rings is 2. The standard InChI is InChI=1S/C16H13Br2NO2/c1-20-15-7-13(8-17)6-14(18)16(15)21-10-12-4-2-11(9-19)3-5-12/h2-7H,8,10H2,1H3. The Bertz CT molecular complexity index is 663. The number of rotatable bonds is 5. The van der Waals surface area contributed by atoms with Crippen molar-refractivity contribution in [2.24, 2.45) is 0 Å². The second-order valence-electron chi connectivity index (χ2n) is 4.34. The number of methoxy groups -OCH3 is 1. The largest absolute Gasteiger partial charge is 0.493 e. The van der Waals surface area contributed by atoms with E-state index in [-0.39, 0.29) is 0 Å². The molecular weight excluding hydrogens is 398 g/mol. The molecule has 0 radical (unpaired) electrons. The Kier molecular flexibility index (Phi) is 5.66. The van der Waals surface area contributed by atoms with Gasteiger partial charge in [0.05, 0.1) is 23.2 Å². The molecule has 0 aliphatic carbocycles. The second kappa shape index (κ2) is 7.48. The van der Waals surface area contributed by atoms with Gasteiger partial charge in [0.15, 0.2) is 11.5 Å². The number of nitrogens with zero attached hydrogens (tertiary/aromatic N) is 1. The quantitative estimate of drug-likeness (QED) is 0.664. The third kappa shape index (κ3) is 3.99. The van der Waals surface area contributed by atoms with E-state index in [4.69, 9.17) is 14.7 Å². The van der Waals surface area contributed by atoms with Crippen LogP contribution < -0.4 is 9.47 Å². The molecule has 0 unspecified atom stereocenters. The molecule has 0 aromatic heterocycles. The zero-order valence-electron chi connectivity index (χ0n) is 11.4. The number of hydrogen-bond acceptors (Lipinski definition) is 3. The zero-order valence-corrected chi connectivity index (χ0v) is 14.6. The van der Waals surface area contributed by atoms with E-state index in [0.29, 0.717) is 23.7 Å². The maximum Gasteiger partial charge on any atom is 0.175 e. The van der Waals surface area contributed by atoms with E-state index >= 15 is 0 Å². The minimum Gasteiger partial charge on any atom is -0.493 e. The van der Waals surface area contributed by atoms with Crippen LogP contribution in [0.1, 0.15) is 16.7 Å². The Labute approximate surface area is 140 Å². The first kappa shape index (κ1) is 15.9. The van der Waals surface area contributed by atoms with Gasteiger partial charge < -0.3 is 9.47 Å². The molecule has 2 rings (SSSR count). The molecule has 108 valence electrons. The van der Waals surface area contributed by atoms with E-state index in [1.807, 2.05) is 24.3 Å². The molecule has 0 saturated carbocycles. The van der Waals surface area contributed by atoms with Crippen LogP contribution in [0.15, 0.2) is 40.9 Å². The average molecular weight is 411 g/mol. The van der Waals surface area contributed by atoms with Gasteiger partial charge in [0.25, 0.3) is 0 Å². The summed E-state index contributed by atoms with van der Waals surface area (Å²) < 4.78 is 12.1. The van der Waals surface area contributed by atoms with Crippen molar-refractivity contribution in [2.75, 3.05) is 7.11 Å². The lowest BCUT2D eigenvalue weighted by Gasteiger charge is -2.14. The summed E-state index contributed by atoms with van der Waals surface area (Å²) in [5, 5.41) is 9.53. The topological polar surface area (TPSA) is 42.2 Å². The van der Waals surface area contributed by atoms with Gasteiger partial charge in [-0.05, 0) is 51.3 Å². The van der Waals surface area contributed by atoms with Crippen molar-refractivity contribution in [2.45, 2.75) is 11.9 Å². The summed E-state index contributed by atoms with van der Waals surface area (Å²) in [5.41, 5.74) is 2.73. The van der Waals surface area contributed by atoms with Crippen molar-refractivity contribution in [3.8, 4) is 17.6 Å². The lowest BCUT2D eigenvalue weighted by molar-refractivity contribution is 0.282. The molecule has 5 heteroatoms. The monoisotopic (exact) mass is 409 g/mol. The maximum absolute atomic E-state index is 8.78. The fourth-order valence-corrected chi connectivity index (χ4v) is 2.75. The normalized spacial score (nSPS) is 10.0. The first-order chi connectivity index (χ1) is 10.2. The van der Waals surface area contributed by atoms with E-state index in [1.165, 1.54) is 0 Å². The van der Waals surface area contributed by atoms with Crippen molar-refractivity contribution in [1.29, 1.82) is 5.26 Å². The van der Waals surface area contributed by atoms with Gasteiger partial charge >= 0.3 is 0 Å². The second-order valence-corrected chi connectivity index (χ2v) is 5.76. The fraction of sp³-hybridized carbons (Fsp3) is 0.188. The molecule has 0 fully saturated rings. The lowest BCUT2D eigenvalue weighted by atomic mass is 10.1. The predicted molar refractivity (Wildman–Crippen MR) is 88.8 cm³/mol. The number of hydrogen-bond donors (Lipinski definition) is 0. The van der Waals surface area contributed by atoms with Crippen LogP contribution in [0.4, 0.5) is 0 Å².